The lowest BCUT2D eigenvalue weighted by molar-refractivity contribution is 0.102. The molecule has 0 saturated carbocycles. The Morgan fingerprint density at radius 2 is 2.08 bits per heavy atom. The molecule has 1 N–H and O–H groups in total. The Bertz CT molecular complexity index is 898. The van der Waals surface area contributed by atoms with Gasteiger partial charge in [-0.1, -0.05) is 12.1 Å². The maximum absolute atomic E-state index is 12.3. The minimum Gasteiger partial charge on any atom is -0.496 e. The zero-order chi connectivity index (χ0) is 17.1. The lowest BCUT2D eigenvalue weighted by atomic mass is 10.2. The van der Waals surface area contributed by atoms with Crippen molar-refractivity contribution in [1.29, 1.82) is 0 Å². The molecule has 0 aliphatic rings. The summed E-state index contributed by atoms with van der Waals surface area (Å²) in [6, 6.07) is 13.2. The molecular weight excluding hydrogens is 503 g/mol. The standard InChI is InChI=1S/C17H12BrIN2O2S/c1-23-15-7-6-10(8-12(15)18)14-9-24-17(20-14)21-16(22)11-4-2-3-5-13(11)19/h2-9H,1H3,(H,20,21,22). The van der Waals surface area contributed by atoms with Crippen LogP contribution in [0.1, 0.15) is 10.4 Å². The van der Waals surface area contributed by atoms with E-state index in [4.69, 9.17) is 4.74 Å². The van der Waals surface area contributed by atoms with Crippen molar-refractivity contribution in [3.63, 3.8) is 0 Å². The molecule has 0 radical (unpaired) electrons. The molecule has 1 amide bonds. The van der Waals surface area contributed by atoms with Gasteiger partial charge in [0.2, 0.25) is 0 Å². The quantitative estimate of drug-likeness (QED) is 0.472. The van der Waals surface area contributed by atoms with Crippen LogP contribution in [-0.2, 0) is 0 Å². The van der Waals surface area contributed by atoms with Gasteiger partial charge in [0.05, 0.1) is 22.8 Å². The van der Waals surface area contributed by atoms with E-state index < -0.39 is 0 Å². The van der Waals surface area contributed by atoms with Crippen molar-refractivity contribution in [2.45, 2.75) is 0 Å². The minimum atomic E-state index is -0.156. The molecule has 1 heterocycles. The first-order chi connectivity index (χ1) is 11.6. The number of carbonyl (C=O) groups is 1. The molecule has 0 bridgehead atoms. The average Bonchev–Trinajstić information content (AvgIpc) is 3.03. The zero-order valence-corrected chi connectivity index (χ0v) is 17.1. The maximum Gasteiger partial charge on any atom is 0.258 e. The molecule has 2 aromatic carbocycles. The molecule has 0 spiro atoms. The minimum absolute atomic E-state index is 0.156. The largest absolute Gasteiger partial charge is 0.496 e. The van der Waals surface area contributed by atoms with Crippen LogP contribution in [0.25, 0.3) is 11.3 Å². The summed E-state index contributed by atoms with van der Waals surface area (Å²) in [6.07, 6.45) is 0. The van der Waals surface area contributed by atoms with Crippen LogP contribution in [-0.4, -0.2) is 18.0 Å². The Balaban J connectivity index is 1.80. The van der Waals surface area contributed by atoms with Gasteiger partial charge >= 0.3 is 0 Å². The second-order valence-corrected chi connectivity index (χ2v) is 7.70. The number of hydrogen-bond acceptors (Lipinski definition) is 4. The summed E-state index contributed by atoms with van der Waals surface area (Å²) in [5.41, 5.74) is 2.40. The first-order valence-electron chi connectivity index (χ1n) is 6.94. The smallest absolute Gasteiger partial charge is 0.258 e. The first kappa shape index (κ1) is 17.4. The van der Waals surface area contributed by atoms with Gasteiger partial charge in [-0.3, -0.25) is 10.1 Å². The highest BCUT2D eigenvalue weighted by atomic mass is 127. The van der Waals surface area contributed by atoms with Gasteiger partial charge in [0, 0.05) is 14.5 Å². The number of hydrogen-bond donors (Lipinski definition) is 1. The molecule has 122 valence electrons. The molecular formula is C17H12BrIN2O2S. The number of nitrogens with one attached hydrogen (secondary N) is 1. The number of carbonyl (C=O) groups excluding carboxylic acids is 1. The summed E-state index contributed by atoms with van der Waals surface area (Å²) in [5, 5.41) is 5.34. The van der Waals surface area contributed by atoms with E-state index >= 15 is 0 Å². The highest BCUT2D eigenvalue weighted by Crippen LogP contribution is 2.32. The molecule has 1 aromatic heterocycles. The number of rotatable bonds is 4. The molecule has 0 saturated heterocycles. The van der Waals surface area contributed by atoms with Gasteiger partial charge in [-0.05, 0) is 68.9 Å². The molecule has 4 nitrogen and oxygen atoms in total. The van der Waals surface area contributed by atoms with Gasteiger partial charge in [0.15, 0.2) is 5.13 Å². The molecule has 24 heavy (non-hydrogen) atoms. The van der Waals surface area contributed by atoms with Crippen LogP contribution in [0.3, 0.4) is 0 Å². The Morgan fingerprint density at radius 1 is 1.29 bits per heavy atom. The molecule has 3 rings (SSSR count). The second kappa shape index (κ2) is 7.62. The van der Waals surface area contributed by atoms with E-state index in [1.165, 1.54) is 11.3 Å². The van der Waals surface area contributed by atoms with Crippen LogP contribution in [0, 0.1) is 3.57 Å². The van der Waals surface area contributed by atoms with Crippen LogP contribution in [0.2, 0.25) is 0 Å². The van der Waals surface area contributed by atoms with Crippen molar-refractivity contribution in [3.8, 4) is 17.0 Å². The number of benzene rings is 2. The van der Waals surface area contributed by atoms with Crippen LogP contribution < -0.4 is 10.1 Å². The predicted octanol–water partition coefficient (Wildman–Crippen LogP) is 5.44. The molecule has 0 aliphatic heterocycles. The number of ether oxygens (including phenoxy) is 1. The summed E-state index contributed by atoms with van der Waals surface area (Å²) in [4.78, 5) is 16.8. The Morgan fingerprint density at radius 3 is 2.79 bits per heavy atom. The van der Waals surface area contributed by atoms with Gasteiger partial charge in [0.25, 0.3) is 5.91 Å². The number of amides is 1. The summed E-state index contributed by atoms with van der Waals surface area (Å²) in [7, 11) is 1.63. The molecule has 0 fully saturated rings. The molecule has 3 aromatic rings. The van der Waals surface area contributed by atoms with Crippen molar-refractivity contribution < 1.29 is 9.53 Å². The number of nitrogens with zero attached hydrogens (tertiary/aromatic N) is 1. The van der Waals surface area contributed by atoms with Crippen LogP contribution in [0.4, 0.5) is 5.13 Å². The lowest BCUT2D eigenvalue weighted by Crippen LogP contribution is -2.13. The predicted molar refractivity (Wildman–Crippen MR) is 109 cm³/mol. The number of thiazole rings is 1. The first-order valence-corrected chi connectivity index (χ1v) is 9.69. The Kier molecular flexibility index (Phi) is 5.52. The van der Waals surface area contributed by atoms with Crippen molar-refractivity contribution >= 4 is 60.9 Å². The van der Waals surface area contributed by atoms with E-state index in [9.17, 15) is 4.79 Å². The zero-order valence-electron chi connectivity index (χ0n) is 12.5. The van der Waals surface area contributed by atoms with Crippen molar-refractivity contribution in [2.75, 3.05) is 12.4 Å². The third kappa shape index (κ3) is 3.79. The topological polar surface area (TPSA) is 51.2 Å². The maximum atomic E-state index is 12.3. The van der Waals surface area contributed by atoms with Gasteiger partial charge in [-0.2, -0.15) is 0 Å². The summed E-state index contributed by atoms with van der Waals surface area (Å²) < 4.78 is 7.00. The third-order valence-electron chi connectivity index (χ3n) is 3.29. The van der Waals surface area contributed by atoms with E-state index in [1.807, 2.05) is 41.8 Å². The lowest BCUT2D eigenvalue weighted by Gasteiger charge is -2.05. The fourth-order valence-corrected chi connectivity index (χ4v) is 3.99. The SMILES string of the molecule is COc1ccc(-c2csc(NC(=O)c3ccccc3I)n2)cc1Br. The van der Waals surface area contributed by atoms with Gasteiger partial charge < -0.3 is 4.74 Å². The number of halogens is 2. The highest BCUT2D eigenvalue weighted by molar-refractivity contribution is 14.1. The monoisotopic (exact) mass is 514 g/mol. The van der Waals surface area contributed by atoms with Gasteiger partial charge in [-0.25, -0.2) is 4.98 Å². The molecule has 7 heteroatoms. The van der Waals surface area contributed by atoms with E-state index in [0.29, 0.717) is 10.7 Å². The van der Waals surface area contributed by atoms with E-state index in [-0.39, 0.29) is 5.91 Å². The van der Waals surface area contributed by atoms with Crippen LogP contribution in [0.5, 0.6) is 5.75 Å². The van der Waals surface area contributed by atoms with Gasteiger partial charge in [0.1, 0.15) is 5.75 Å². The van der Waals surface area contributed by atoms with Crippen molar-refractivity contribution in [1.82, 2.24) is 4.98 Å². The Hall–Kier alpha value is -1.45. The second-order valence-electron chi connectivity index (χ2n) is 4.82. The number of anilines is 1. The van der Waals surface area contributed by atoms with Crippen LogP contribution >= 0.6 is 49.9 Å². The van der Waals surface area contributed by atoms with Crippen molar-refractivity contribution in [2.24, 2.45) is 0 Å². The van der Waals surface area contributed by atoms with Crippen LogP contribution in [0.15, 0.2) is 52.3 Å². The number of aromatic nitrogens is 1. The summed E-state index contributed by atoms with van der Waals surface area (Å²) in [5.74, 6) is 0.609. The van der Waals surface area contributed by atoms with Gasteiger partial charge in [-0.15, -0.1) is 11.3 Å². The fraction of sp³-hybridized carbons (Fsp3) is 0.0588. The van der Waals surface area contributed by atoms with E-state index in [2.05, 4.69) is 48.8 Å². The molecule has 0 atom stereocenters. The van der Waals surface area contributed by atoms with E-state index in [1.54, 1.807) is 13.2 Å². The van der Waals surface area contributed by atoms with E-state index in [0.717, 1.165) is 25.0 Å². The van der Waals surface area contributed by atoms with Crippen molar-refractivity contribution in [3.05, 3.63) is 61.5 Å². The fourth-order valence-electron chi connectivity index (χ4n) is 2.10. The summed E-state index contributed by atoms with van der Waals surface area (Å²) >= 11 is 7.02. The Labute approximate surface area is 165 Å². The number of methoxy groups -OCH3 is 1. The molecule has 0 aliphatic carbocycles. The third-order valence-corrected chi connectivity index (χ3v) is 5.61. The molecule has 0 unspecified atom stereocenters. The normalized spacial score (nSPS) is 10.5. The average molecular weight is 515 g/mol. The highest BCUT2D eigenvalue weighted by Gasteiger charge is 2.13. The summed E-state index contributed by atoms with van der Waals surface area (Å²) in [6.45, 7) is 0.